The molecular formula is C19H23N3O2. The lowest BCUT2D eigenvalue weighted by atomic mass is 10.0. The zero-order valence-corrected chi connectivity index (χ0v) is 14.2. The van der Waals surface area contributed by atoms with Crippen LogP contribution in [0.2, 0.25) is 0 Å². The summed E-state index contributed by atoms with van der Waals surface area (Å²) in [7, 11) is 1.69. The molecule has 1 aromatic heterocycles. The van der Waals surface area contributed by atoms with Gasteiger partial charge in [0.2, 0.25) is 5.91 Å². The van der Waals surface area contributed by atoms with Crippen LogP contribution in [0.3, 0.4) is 0 Å². The van der Waals surface area contributed by atoms with Crippen LogP contribution < -0.4 is 4.74 Å². The number of piperazine rings is 1. The van der Waals surface area contributed by atoms with E-state index in [0.717, 1.165) is 36.6 Å². The highest BCUT2D eigenvalue weighted by Crippen LogP contribution is 2.32. The van der Waals surface area contributed by atoms with Crippen molar-refractivity contribution in [2.75, 3.05) is 26.7 Å². The summed E-state index contributed by atoms with van der Waals surface area (Å²) >= 11 is 0. The fraction of sp³-hybridized carbons (Fsp3) is 0.368. The van der Waals surface area contributed by atoms with Gasteiger partial charge in [-0.25, -0.2) is 0 Å². The van der Waals surface area contributed by atoms with Gasteiger partial charge in [0.1, 0.15) is 5.75 Å². The maximum atomic E-state index is 11.9. The minimum atomic E-state index is 0.0980. The average Bonchev–Trinajstić information content (AvgIpc) is 2.62. The number of ether oxygens (including phenoxy) is 1. The highest BCUT2D eigenvalue weighted by atomic mass is 16.5. The quantitative estimate of drug-likeness (QED) is 0.866. The van der Waals surface area contributed by atoms with E-state index in [1.165, 1.54) is 0 Å². The van der Waals surface area contributed by atoms with E-state index in [4.69, 9.17) is 4.74 Å². The lowest BCUT2D eigenvalue weighted by Gasteiger charge is -2.41. The highest BCUT2D eigenvalue weighted by molar-refractivity contribution is 5.73. The molecule has 1 atom stereocenters. The average molecular weight is 325 g/mol. The van der Waals surface area contributed by atoms with E-state index < -0.39 is 0 Å². The fourth-order valence-electron chi connectivity index (χ4n) is 3.23. The molecule has 0 radical (unpaired) electrons. The van der Waals surface area contributed by atoms with E-state index in [0.29, 0.717) is 6.54 Å². The summed E-state index contributed by atoms with van der Waals surface area (Å²) in [5.74, 6) is 0.978. The van der Waals surface area contributed by atoms with Gasteiger partial charge in [-0.1, -0.05) is 24.3 Å². The second kappa shape index (κ2) is 7.45. The van der Waals surface area contributed by atoms with Gasteiger partial charge in [-0.2, -0.15) is 0 Å². The molecule has 24 heavy (non-hydrogen) atoms. The molecule has 0 aliphatic carbocycles. The number of carbonyl (C=O) groups is 1. The number of nitrogens with zero attached hydrogens (tertiary/aromatic N) is 3. The largest absolute Gasteiger partial charge is 0.496 e. The van der Waals surface area contributed by atoms with Crippen LogP contribution in [-0.4, -0.2) is 47.4 Å². The number of rotatable bonds is 4. The molecule has 0 N–H and O–H groups in total. The molecule has 1 aliphatic rings. The first-order valence-corrected chi connectivity index (χ1v) is 8.21. The van der Waals surface area contributed by atoms with Gasteiger partial charge in [0.25, 0.3) is 0 Å². The SMILES string of the molecule is COc1ccccc1[C@H]1CN(C(C)=O)CCN1Cc1ccccn1. The van der Waals surface area contributed by atoms with Gasteiger partial charge in [0.05, 0.1) is 18.8 Å². The Morgan fingerprint density at radius 2 is 2.00 bits per heavy atom. The van der Waals surface area contributed by atoms with E-state index in [-0.39, 0.29) is 11.9 Å². The van der Waals surface area contributed by atoms with Crippen molar-refractivity contribution in [1.82, 2.24) is 14.8 Å². The van der Waals surface area contributed by atoms with Crippen molar-refractivity contribution in [3.8, 4) is 5.75 Å². The van der Waals surface area contributed by atoms with E-state index in [1.807, 2.05) is 47.5 Å². The summed E-state index contributed by atoms with van der Waals surface area (Å²) in [5.41, 5.74) is 2.15. The molecule has 2 aromatic rings. The van der Waals surface area contributed by atoms with Gasteiger partial charge in [0.15, 0.2) is 0 Å². The molecule has 1 saturated heterocycles. The molecule has 5 heteroatoms. The molecule has 0 bridgehead atoms. The van der Waals surface area contributed by atoms with Crippen LogP contribution in [0.25, 0.3) is 0 Å². The number of para-hydroxylation sites is 1. The molecule has 3 rings (SSSR count). The number of carbonyl (C=O) groups excluding carboxylic acids is 1. The van der Waals surface area contributed by atoms with Crippen molar-refractivity contribution >= 4 is 5.91 Å². The van der Waals surface area contributed by atoms with E-state index in [9.17, 15) is 4.79 Å². The third kappa shape index (κ3) is 3.57. The molecule has 1 fully saturated rings. The van der Waals surface area contributed by atoms with E-state index in [1.54, 1.807) is 14.0 Å². The van der Waals surface area contributed by atoms with Crippen molar-refractivity contribution in [3.63, 3.8) is 0 Å². The maximum absolute atomic E-state index is 11.9. The Labute approximate surface area is 142 Å². The number of methoxy groups -OCH3 is 1. The molecular weight excluding hydrogens is 302 g/mol. The smallest absolute Gasteiger partial charge is 0.219 e. The highest BCUT2D eigenvalue weighted by Gasteiger charge is 2.31. The Morgan fingerprint density at radius 1 is 1.21 bits per heavy atom. The van der Waals surface area contributed by atoms with Gasteiger partial charge in [-0.3, -0.25) is 14.7 Å². The van der Waals surface area contributed by atoms with Crippen LogP contribution in [0.1, 0.15) is 24.2 Å². The second-order valence-corrected chi connectivity index (χ2v) is 6.01. The third-order valence-electron chi connectivity index (χ3n) is 4.53. The number of pyridine rings is 1. The van der Waals surface area contributed by atoms with Crippen LogP contribution in [0, 0.1) is 0 Å². The first-order chi connectivity index (χ1) is 11.7. The van der Waals surface area contributed by atoms with E-state index >= 15 is 0 Å². The molecule has 1 aromatic carbocycles. The summed E-state index contributed by atoms with van der Waals surface area (Å²) in [6.45, 7) is 4.62. The topological polar surface area (TPSA) is 45.7 Å². The van der Waals surface area contributed by atoms with Crippen molar-refractivity contribution in [2.45, 2.75) is 19.5 Å². The lowest BCUT2D eigenvalue weighted by Crippen LogP contribution is -2.49. The molecule has 0 unspecified atom stereocenters. The molecule has 2 heterocycles. The minimum Gasteiger partial charge on any atom is -0.496 e. The van der Waals surface area contributed by atoms with Crippen LogP contribution in [-0.2, 0) is 11.3 Å². The molecule has 1 aliphatic heterocycles. The van der Waals surface area contributed by atoms with Gasteiger partial charge in [-0.05, 0) is 18.2 Å². The third-order valence-corrected chi connectivity index (χ3v) is 4.53. The molecule has 1 amide bonds. The number of hydrogen-bond acceptors (Lipinski definition) is 4. The Bertz CT molecular complexity index is 690. The summed E-state index contributed by atoms with van der Waals surface area (Å²) in [6, 6.07) is 14.1. The fourth-order valence-corrected chi connectivity index (χ4v) is 3.23. The Morgan fingerprint density at radius 3 is 2.71 bits per heavy atom. The molecule has 126 valence electrons. The van der Waals surface area contributed by atoms with Crippen LogP contribution >= 0.6 is 0 Å². The second-order valence-electron chi connectivity index (χ2n) is 6.01. The van der Waals surface area contributed by atoms with E-state index in [2.05, 4.69) is 16.0 Å². The Kier molecular flexibility index (Phi) is 5.11. The monoisotopic (exact) mass is 325 g/mol. The molecule has 0 saturated carbocycles. The lowest BCUT2D eigenvalue weighted by molar-refractivity contribution is -0.132. The van der Waals surface area contributed by atoms with Crippen molar-refractivity contribution in [2.24, 2.45) is 0 Å². The van der Waals surface area contributed by atoms with Crippen molar-refractivity contribution < 1.29 is 9.53 Å². The Hall–Kier alpha value is -2.40. The van der Waals surface area contributed by atoms with Crippen molar-refractivity contribution in [1.29, 1.82) is 0 Å². The van der Waals surface area contributed by atoms with Gasteiger partial charge < -0.3 is 9.64 Å². The normalized spacial score (nSPS) is 18.4. The summed E-state index contributed by atoms with van der Waals surface area (Å²) in [4.78, 5) is 20.6. The summed E-state index contributed by atoms with van der Waals surface area (Å²) in [5, 5.41) is 0. The minimum absolute atomic E-state index is 0.0980. The zero-order chi connectivity index (χ0) is 16.9. The zero-order valence-electron chi connectivity index (χ0n) is 14.2. The number of benzene rings is 1. The predicted octanol–water partition coefficient (Wildman–Crippen LogP) is 2.50. The standard InChI is InChI=1S/C19H23N3O2/c1-15(23)21-11-12-22(13-16-7-5-6-10-20-16)18(14-21)17-8-3-4-9-19(17)24-2/h3-10,18H,11-14H2,1-2H3/t18-/m1/s1. The number of amides is 1. The molecule has 5 nitrogen and oxygen atoms in total. The van der Waals surface area contributed by atoms with Crippen LogP contribution in [0.4, 0.5) is 0 Å². The number of hydrogen-bond donors (Lipinski definition) is 0. The van der Waals surface area contributed by atoms with Crippen LogP contribution in [0.15, 0.2) is 48.7 Å². The van der Waals surface area contributed by atoms with Crippen molar-refractivity contribution in [3.05, 3.63) is 59.9 Å². The summed E-state index contributed by atoms with van der Waals surface area (Å²) < 4.78 is 5.55. The van der Waals surface area contributed by atoms with Gasteiger partial charge >= 0.3 is 0 Å². The Balaban J connectivity index is 1.90. The number of aromatic nitrogens is 1. The summed E-state index contributed by atoms with van der Waals surface area (Å²) in [6.07, 6.45) is 1.82. The first kappa shape index (κ1) is 16.5. The van der Waals surface area contributed by atoms with Crippen LogP contribution in [0.5, 0.6) is 5.75 Å². The predicted molar refractivity (Wildman–Crippen MR) is 92.6 cm³/mol. The first-order valence-electron chi connectivity index (χ1n) is 8.21. The molecule has 0 spiro atoms. The van der Waals surface area contributed by atoms with Gasteiger partial charge in [-0.15, -0.1) is 0 Å². The van der Waals surface area contributed by atoms with Gasteiger partial charge in [0, 0.05) is 44.9 Å². The maximum Gasteiger partial charge on any atom is 0.219 e.